The molecule has 2 aliphatic heterocycles. The van der Waals surface area contributed by atoms with Crippen LogP contribution < -0.4 is 0 Å². The largest absolute Gasteiger partial charge is 0.444 e. The Morgan fingerprint density at radius 3 is 2.39 bits per heavy atom. The molecule has 0 aliphatic carbocycles. The van der Waals surface area contributed by atoms with E-state index in [4.69, 9.17) is 4.74 Å². The Labute approximate surface area is 110 Å². The number of nitrogens with zero attached hydrogens (tertiary/aromatic N) is 2. The van der Waals surface area contributed by atoms with Crippen LogP contribution in [0.5, 0.6) is 0 Å². The molecular formula is C14H26N2O2. The third-order valence-corrected chi connectivity index (χ3v) is 3.71. The van der Waals surface area contributed by atoms with Crippen molar-refractivity contribution in [1.29, 1.82) is 0 Å². The van der Waals surface area contributed by atoms with Crippen molar-refractivity contribution in [2.75, 3.05) is 26.2 Å². The Bertz CT molecular complexity index is 295. The number of likely N-dealkylation sites (tertiary alicyclic amines) is 2. The fraction of sp³-hybridized carbons (Fsp3) is 0.929. The molecule has 4 heteroatoms. The normalized spacial score (nSPS) is 26.4. The van der Waals surface area contributed by atoms with Gasteiger partial charge in [0.25, 0.3) is 0 Å². The van der Waals surface area contributed by atoms with Gasteiger partial charge in [0, 0.05) is 19.1 Å². The Hall–Kier alpha value is -0.770. The SMILES string of the molecule is CC(C)(C)OC(=O)N1CCCC[C@H](N2CCC2)C1. The van der Waals surface area contributed by atoms with Crippen molar-refractivity contribution in [2.45, 2.75) is 58.1 Å². The van der Waals surface area contributed by atoms with Crippen LogP contribution >= 0.6 is 0 Å². The summed E-state index contributed by atoms with van der Waals surface area (Å²) in [5.74, 6) is 0. The quantitative estimate of drug-likeness (QED) is 0.720. The number of ether oxygens (including phenoxy) is 1. The minimum absolute atomic E-state index is 0.144. The van der Waals surface area contributed by atoms with Gasteiger partial charge in [0.2, 0.25) is 0 Å². The average Bonchev–Trinajstić information content (AvgIpc) is 2.38. The number of amides is 1. The summed E-state index contributed by atoms with van der Waals surface area (Å²) in [6, 6.07) is 0.550. The second-order valence-electron chi connectivity index (χ2n) is 6.47. The maximum absolute atomic E-state index is 12.1. The fourth-order valence-electron chi connectivity index (χ4n) is 2.62. The summed E-state index contributed by atoms with van der Waals surface area (Å²) in [7, 11) is 0. The van der Waals surface area contributed by atoms with Crippen LogP contribution in [0, 0.1) is 0 Å². The maximum Gasteiger partial charge on any atom is 0.410 e. The first-order valence-corrected chi connectivity index (χ1v) is 7.18. The summed E-state index contributed by atoms with van der Waals surface area (Å²) in [6.45, 7) is 9.87. The Morgan fingerprint density at radius 2 is 1.83 bits per heavy atom. The lowest BCUT2D eigenvalue weighted by Gasteiger charge is -2.39. The van der Waals surface area contributed by atoms with E-state index < -0.39 is 5.60 Å². The van der Waals surface area contributed by atoms with Crippen molar-refractivity contribution in [3.05, 3.63) is 0 Å². The van der Waals surface area contributed by atoms with Crippen LogP contribution in [0.4, 0.5) is 4.79 Å². The molecule has 0 aromatic rings. The molecule has 2 heterocycles. The van der Waals surface area contributed by atoms with E-state index in [0.717, 1.165) is 19.5 Å². The number of carbonyl (C=O) groups excluding carboxylic acids is 1. The molecular weight excluding hydrogens is 228 g/mol. The van der Waals surface area contributed by atoms with Gasteiger partial charge in [-0.1, -0.05) is 6.42 Å². The van der Waals surface area contributed by atoms with Gasteiger partial charge in [0.05, 0.1) is 0 Å². The highest BCUT2D eigenvalue weighted by molar-refractivity contribution is 5.68. The van der Waals surface area contributed by atoms with Crippen LogP contribution in [0.1, 0.15) is 46.5 Å². The molecule has 2 rings (SSSR count). The van der Waals surface area contributed by atoms with E-state index in [1.165, 1.54) is 32.4 Å². The van der Waals surface area contributed by atoms with Gasteiger partial charge in [-0.05, 0) is 53.1 Å². The molecule has 18 heavy (non-hydrogen) atoms. The lowest BCUT2D eigenvalue weighted by molar-refractivity contribution is 0.0169. The predicted molar refractivity (Wildman–Crippen MR) is 71.6 cm³/mol. The van der Waals surface area contributed by atoms with Crippen molar-refractivity contribution in [2.24, 2.45) is 0 Å². The standard InChI is InChI=1S/C14H26N2O2/c1-14(2,3)18-13(17)16-8-5-4-7-12(11-16)15-9-6-10-15/h12H,4-11H2,1-3H3/t12-/m0/s1. The number of hydrogen-bond donors (Lipinski definition) is 0. The van der Waals surface area contributed by atoms with E-state index in [9.17, 15) is 4.79 Å². The highest BCUT2D eigenvalue weighted by Crippen LogP contribution is 2.21. The van der Waals surface area contributed by atoms with Gasteiger partial charge < -0.3 is 9.64 Å². The Morgan fingerprint density at radius 1 is 1.11 bits per heavy atom. The topological polar surface area (TPSA) is 32.8 Å². The Balaban J connectivity index is 1.91. The van der Waals surface area contributed by atoms with Crippen LogP contribution in [0.15, 0.2) is 0 Å². The van der Waals surface area contributed by atoms with Crippen LogP contribution in [0.2, 0.25) is 0 Å². The molecule has 2 saturated heterocycles. The molecule has 0 bridgehead atoms. The first-order chi connectivity index (χ1) is 8.46. The summed E-state index contributed by atoms with van der Waals surface area (Å²) in [6.07, 6.45) is 4.71. The predicted octanol–water partition coefficient (Wildman–Crippen LogP) is 2.48. The van der Waals surface area contributed by atoms with Crippen molar-refractivity contribution in [1.82, 2.24) is 9.80 Å². The fourth-order valence-corrected chi connectivity index (χ4v) is 2.62. The van der Waals surface area contributed by atoms with Crippen LogP contribution in [0.25, 0.3) is 0 Å². The lowest BCUT2D eigenvalue weighted by atomic mass is 10.1. The molecule has 0 unspecified atom stereocenters. The zero-order valence-corrected chi connectivity index (χ0v) is 11.9. The molecule has 1 amide bonds. The van der Waals surface area contributed by atoms with Crippen molar-refractivity contribution in [3.63, 3.8) is 0 Å². The molecule has 0 radical (unpaired) electrons. The molecule has 0 N–H and O–H groups in total. The highest BCUT2D eigenvalue weighted by atomic mass is 16.6. The molecule has 0 aromatic heterocycles. The van der Waals surface area contributed by atoms with Gasteiger partial charge >= 0.3 is 6.09 Å². The third-order valence-electron chi connectivity index (χ3n) is 3.71. The molecule has 2 aliphatic rings. The molecule has 1 atom stereocenters. The number of carbonyl (C=O) groups is 1. The van der Waals surface area contributed by atoms with E-state index in [0.29, 0.717) is 6.04 Å². The molecule has 4 nitrogen and oxygen atoms in total. The molecule has 0 aromatic carbocycles. The smallest absolute Gasteiger partial charge is 0.410 e. The minimum Gasteiger partial charge on any atom is -0.444 e. The van der Waals surface area contributed by atoms with Gasteiger partial charge in [-0.3, -0.25) is 4.90 Å². The van der Waals surface area contributed by atoms with Crippen molar-refractivity contribution in [3.8, 4) is 0 Å². The second-order valence-corrected chi connectivity index (χ2v) is 6.47. The maximum atomic E-state index is 12.1. The lowest BCUT2D eigenvalue weighted by Crippen LogP contribution is -2.51. The van der Waals surface area contributed by atoms with Gasteiger partial charge in [0.1, 0.15) is 5.60 Å². The first-order valence-electron chi connectivity index (χ1n) is 7.18. The summed E-state index contributed by atoms with van der Waals surface area (Å²) in [5.41, 5.74) is -0.393. The van der Waals surface area contributed by atoms with Gasteiger partial charge in [-0.25, -0.2) is 4.79 Å². The van der Waals surface area contributed by atoms with E-state index in [1.54, 1.807) is 0 Å². The zero-order chi connectivity index (χ0) is 13.2. The van der Waals surface area contributed by atoms with Gasteiger partial charge in [0.15, 0.2) is 0 Å². The third kappa shape index (κ3) is 3.61. The number of rotatable bonds is 1. The van der Waals surface area contributed by atoms with Crippen molar-refractivity contribution >= 4 is 6.09 Å². The minimum atomic E-state index is -0.393. The van der Waals surface area contributed by atoms with E-state index in [-0.39, 0.29) is 6.09 Å². The van der Waals surface area contributed by atoms with Crippen LogP contribution in [0.3, 0.4) is 0 Å². The van der Waals surface area contributed by atoms with Crippen LogP contribution in [-0.2, 0) is 4.74 Å². The molecule has 0 saturated carbocycles. The average molecular weight is 254 g/mol. The molecule has 104 valence electrons. The van der Waals surface area contributed by atoms with E-state index in [1.807, 2.05) is 25.7 Å². The Kier molecular flexibility index (Phi) is 4.15. The van der Waals surface area contributed by atoms with E-state index >= 15 is 0 Å². The summed E-state index contributed by atoms with van der Waals surface area (Å²) in [5, 5.41) is 0. The summed E-state index contributed by atoms with van der Waals surface area (Å²) in [4.78, 5) is 16.5. The second kappa shape index (κ2) is 5.47. The van der Waals surface area contributed by atoms with E-state index in [2.05, 4.69) is 4.90 Å². The van der Waals surface area contributed by atoms with Gasteiger partial charge in [-0.15, -0.1) is 0 Å². The monoisotopic (exact) mass is 254 g/mol. The molecule has 0 spiro atoms. The highest BCUT2D eigenvalue weighted by Gasteiger charge is 2.30. The van der Waals surface area contributed by atoms with Crippen molar-refractivity contribution < 1.29 is 9.53 Å². The summed E-state index contributed by atoms with van der Waals surface area (Å²) >= 11 is 0. The summed E-state index contributed by atoms with van der Waals surface area (Å²) < 4.78 is 5.48. The molecule has 2 fully saturated rings. The first kappa shape index (κ1) is 13.7. The zero-order valence-electron chi connectivity index (χ0n) is 11.9. The van der Waals surface area contributed by atoms with Crippen LogP contribution in [-0.4, -0.2) is 53.7 Å². The number of hydrogen-bond acceptors (Lipinski definition) is 3. The van der Waals surface area contributed by atoms with Gasteiger partial charge in [-0.2, -0.15) is 0 Å².